The Morgan fingerprint density at radius 3 is 1.59 bits per heavy atom. The fourth-order valence-electron chi connectivity index (χ4n) is 1.58. The molecule has 0 radical (unpaired) electrons. The first kappa shape index (κ1) is 13.3. The molecule has 0 bridgehead atoms. The van der Waals surface area contributed by atoms with Crippen molar-refractivity contribution in [2.75, 3.05) is 13.2 Å². The van der Waals surface area contributed by atoms with Crippen molar-refractivity contribution in [3.8, 4) is 0 Å². The van der Waals surface area contributed by atoms with Gasteiger partial charge in [-0.1, -0.05) is 0 Å². The first-order valence-electron chi connectivity index (χ1n) is 5.47. The average Bonchev–Trinajstić information content (AvgIpc) is 2.54. The van der Waals surface area contributed by atoms with Gasteiger partial charge in [0, 0.05) is 0 Å². The summed E-state index contributed by atoms with van der Waals surface area (Å²) in [6.45, 7) is 7.11. The highest BCUT2D eigenvalue weighted by Crippen LogP contribution is 2.23. The van der Waals surface area contributed by atoms with E-state index in [1.54, 1.807) is 27.7 Å². The molecule has 0 fully saturated rings. The summed E-state index contributed by atoms with van der Waals surface area (Å²) in [7, 11) is 0. The van der Waals surface area contributed by atoms with Crippen molar-refractivity contribution in [3.05, 3.63) is 22.6 Å². The summed E-state index contributed by atoms with van der Waals surface area (Å²) in [6.07, 6.45) is 0. The number of hydrogen-bond acceptors (Lipinski definition) is 5. The summed E-state index contributed by atoms with van der Waals surface area (Å²) >= 11 is 0. The molecule has 0 N–H and O–H groups in total. The van der Waals surface area contributed by atoms with Crippen molar-refractivity contribution in [2.24, 2.45) is 0 Å². The first-order chi connectivity index (χ1) is 8.02. The number of rotatable bonds is 4. The Labute approximate surface area is 99.7 Å². The predicted molar refractivity (Wildman–Crippen MR) is 60.1 cm³/mol. The van der Waals surface area contributed by atoms with Crippen LogP contribution in [0.15, 0.2) is 4.42 Å². The fourth-order valence-corrected chi connectivity index (χ4v) is 1.58. The maximum Gasteiger partial charge on any atom is 0.342 e. The van der Waals surface area contributed by atoms with Gasteiger partial charge in [0.2, 0.25) is 0 Å². The predicted octanol–water partition coefficient (Wildman–Crippen LogP) is 2.25. The van der Waals surface area contributed by atoms with Gasteiger partial charge >= 0.3 is 11.9 Å². The Kier molecular flexibility index (Phi) is 4.31. The fraction of sp³-hybridized carbons (Fsp3) is 0.500. The van der Waals surface area contributed by atoms with E-state index < -0.39 is 11.9 Å². The molecule has 1 rings (SSSR count). The third-order valence-electron chi connectivity index (χ3n) is 2.22. The summed E-state index contributed by atoms with van der Waals surface area (Å²) in [5.41, 5.74) is 0.311. The molecule has 1 aromatic rings. The van der Waals surface area contributed by atoms with Crippen LogP contribution in [-0.4, -0.2) is 25.2 Å². The van der Waals surface area contributed by atoms with E-state index >= 15 is 0 Å². The van der Waals surface area contributed by atoms with Crippen molar-refractivity contribution >= 4 is 11.9 Å². The van der Waals surface area contributed by atoms with Gasteiger partial charge in [0.15, 0.2) is 0 Å². The van der Waals surface area contributed by atoms with E-state index in [9.17, 15) is 9.59 Å². The number of ether oxygens (including phenoxy) is 2. The van der Waals surface area contributed by atoms with Crippen molar-refractivity contribution in [1.82, 2.24) is 0 Å². The quantitative estimate of drug-likeness (QED) is 0.755. The molecular weight excluding hydrogens is 224 g/mol. The molecule has 0 unspecified atom stereocenters. The van der Waals surface area contributed by atoms with Gasteiger partial charge in [0.25, 0.3) is 0 Å². The van der Waals surface area contributed by atoms with Gasteiger partial charge in [-0.2, -0.15) is 0 Å². The molecule has 0 saturated carbocycles. The molecule has 0 spiro atoms. The van der Waals surface area contributed by atoms with Crippen LogP contribution in [0, 0.1) is 13.8 Å². The van der Waals surface area contributed by atoms with Crippen LogP contribution in [0.4, 0.5) is 0 Å². The highest BCUT2D eigenvalue weighted by atomic mass is 16.5. The van der Waals surface area contributed by atoms with Gasteiger partial charge in [0.05, 0.1) is 13.2 Å². The topological polar surface area (TPSA) is 65.7 Å². The van der Waals surface area contributed by atoms with Gasteiger partial charge in [-0.05, 0) is 27.7 Å². The number of aryl methyl sites for hydroxylation is 2. The summed E-state index contributed by atoms with van der Waals surface area (Å²) in [6, 6.07) is 0. The van der Waals surface area contributed by atoms with E-state index in [0.717, 1.165) is 0 Å². The lowest BCUT2D eigenvalue weighted by atomic mass is 10.1. The highest BCUT2D eigenvalue weighted by Gasteiger charge is 2.28. The third-order valence-corrected chi connectivity index (χ3v) is 2.22. The minimum Gasteiger partial charge on any atom is -0.465 e. The number of esters is 2. The molecular formula is C12H16O5. The lowest BCUT2D eigenvalue weighted by Gasteiger charge is -2.04. The number of hydrogen-bond donors (Lipinski definition) is 0. The van der Waals surface area contributed by atoms with Crippen LogP contribution in [0.2, 0.25) is 0 Å². The van der Waals surface area contributed by atoms with Gasteiger partial charge in [-0.15, -0.1) is 0 Å². The normalized spacial score (nSPS) is 10.1. The van der Waals surface area contributed by atoms with Gasteiger partial charge in [-0.3, -0.25) is 0 Å². The molecule has 0 aromatic carbocycles. The Morgan fingerprint density at radius 1 is 0.941 bits per heavy atom. The SMILES string of the molecule is CCOC(=O)c1c(C)oc(C)c1C(=O)OCC. The monoisotopic (exact) mass is 240 g/mol. The molecule has 1 heterocycles. The van der Waals surface area contributed by atoms with Crippen molar-refractivity contribution < 1.29 is 23.5 Å². The van der Waals surface area contributed by atoms with Crippen LogP contribution in [0.3, 0.4) is 0 Å². The molecule has 94 valence electrons. The van der Waals surface area contributed by atoms with Crippen LogP contribution in [0.25, 0.3) is 0 Å². The van der Waals surface area contributed by atoms with E-state index in [-0.39, 0.29) is 24.3 Å². The maximum atomic E-state index is 11.7. The third kappa shape index (κ3) is 2.67. The van der Waals surface area contributed by atoms with Gasteiger partial charge in [-0.25, -0.2) is 9.59 Å². The van der Waals surface area contributed by atoms with Gasteiger partial charge < -0.3 is 13.9 Å². The van der Waals surface area contributed by atoms with Crippen molar-refractivity contribution in [2.45, 2.75) is 27.7 Å². The van der Waals surface area contributed by atoms with Crippen LogP contribution < -0.4 is 0 Å². The summed E-state index contributed by atoms with van der Waals surface area (Å²) in [5.74, 6) is -0.400. The molecule has 1 aromatic heterocycles. The number of furan rings is 1. The Hall–Kier alpha value is -1.78. The molecule has 17 heavy (non-hydrogen) atoms. The lowest BCUT2D eigenvalue weighted by molar-refractivity contribution is 0.0479. The zero-order chi connectivity index (χ0) is 13.0. The summed E-state index contributed by atoms with van der Waals surface area (Å²) in [5, 5.41) is 0. The average molecular weight is 240 g/mol. The second kappa shape index (κ2) is 5.52. The molecule has 0 aliphatic carbocycles. The lowest BCUT2D eigenvalue weighted by Crippen LogP contribution is -2.13. The minimum atomic E-state index is -0.565. The van der Waals surface area contributed by atoms with E-state index in [0.29, 0.717) is 11.5 Å². The first-order valence-corrected chi connectivity index (χ1v) is 5.47. The van der Waals surface area contributed by atoms with Crippen molar-refractivity contribution in [3.63, 3.8) is 0 Å². The smallest absolute Gasteiger partial charge is 0.342 e. The molecule has 0 amide bonds. The van der Waals surface area contributed by atoms with Crippen molar-refractivity contribution in [1.29, 1.82) is 0 Å². The van der Waals surface area contributed by atoms with Gasteiger partial charge in [0.1, 0.15) is 22.6 Å². The second-order valence-electron chi connectivity index (χ2n) is 3.41. The zero-order valence-electron chi connectivity index (χ0n) is 10.5. The summed E-state index contributed by atoms with van der Waals surface area (Å²) in [4.78, 5) is 23.4. The molecule has 0 aliphatic rings. The van der Waals surface area contributed by atoms with Crippen LogP contribution in [0.1, 0.15) is 46.1 Å². The van der Waals surface area contributed by atoms with Crippen LogP contribution in [-0.2, 0) is 9.47 Å². The number of carbonyl (C=O) groups excluding carboxylic acids is 2. The molecule has 0 atom stereocenters. The van der Waals surface area contributed by atoms with E-state index in [4.69, 9.17) is 13.9 Å². The molecule has 0 saturated heterocycles. The summed E-state index contributed by atoms with van der Waals surface area (Å²) < 4.78 is 15.0. The minimum absolute atomic E-state index is 0.155. The Morgan fingerprint density at radius 2 is 1.29 bits per heavy atom. The van der Waals surface area contributed by atoms with E-state index in [1.165, 1.54) is 0 Å². The van der Waals surface area contributed by atoms with Crippen LogP contribution in [0.5, 0.6) is 0 Å². The number of carbonyl (C=O) groups is 2. The molecule has 0 aliphatic heterocycles. The largest absolute Gasteiger partial charge is 0.465 e. The maximum absolute atomic E-state index is 11.7. The zero-order valence-corrected chi connectivity index (χ0v) is 10.5. The molecule has 5 heteroatoms. The standard InChI is InChI=1S/C12H16O5/c1-5-15-11(13)9-7(3)17-8(4)10(9)12(14)16-6-2/h5-6H2,1-4H3. The Balaban J connectivity index is 3.19. The van der Waals surface area contributed by atoms with E-state index in [1.807, 2.05) is 0 Å². The van der Waals surface area contributed by atoms with E-state index in [2.05, 4.69) is 0 Å². The second-order valence-corrected chi connectivity index (χ2v) is 3.41. The highest BCUT2D eigenvalue weighted by molar-refractivity contribution is 6.04. The van der Waals surface area contributed by atoms with Crippen LogP contribution >= 0.6 is 0 Å². The molecule has 5 nitrogen and oxygen atoms in total. The Bertz CT molecular complexity index is 392.